The molecular weight excluding hydrogens is 224 g/mol. The normalized spacial score (nSPS) is 22.1. The Kier molecular flexibility index (Phi) is 2.67. The molecule has 1 aromatic rings. The molecule has 2 N–H and O–H groups in total. The van der Waals surface area contributed by atoms with Crippen LogP contribution in [-0.4, -0.2) is 13.0 Å². The number of hydrogen-bond acceptors (Lipinski definition) is 2. The molecule has 1 heterocycles. The summed E-state index contributed by atoms with van der Waals surface area (Å²) < 4.78 is 0. The molecule has 3 heteroatoms. The number of hydrogen-bond donors (Lipinski definition) is 1. The number of carbonyl (C=O) groups excluding carboxylic acids is 1. The summed E-state index contributed by atoms with van der Waals surface area (Å²) in [6, 6.07) is 6.18. The van der Waals surface area contributed by atoms with Crippen LogP contribution in [0.5, 0.6) is 0 Å². The Morgan fingerprint density at radius 3 is 2.67 bits per heavy atom. The monoisotopic (exact) mass is 244 g/mol. The molecule has 0 unspecified atom stereocenters. The van der Waals surface area contributed by atoms with E-state index in [0.29, 0.717) is 6.42 Å². The van der Waals surface area contributed by atoms with Crippen molar-refractivity contribution in [1.82, 2.24) is 0 Å². The molecule has 1 saturated carbocycles. The smallest absolute Gasteiger partial charge is 0.231 e. The van der Waals surface area contributed by atoms with Crippen LogP contribution in [0.2, 0.25) is 0 Å². The van der Waals surface area contributed by atoms with Gasteiger partial charge in [0.25, 0.3) is 0 Å². The van der Waals surface area contributed by atoms with Gasteiger partial charge in [0, 0.05) is 18.3 Å². The highest BCUT2D eigenvalue weighted by Gasteiger charge is 2.35. The topological polar surface area (TPSA) is 46.3 Å². The number of fused-ring (bicyclic) bond motifs is 1. The Morgan fingerprint density at radius 2 is 1.94 bits per heavy atom. The average Bonchev–Trinajstić information content (AvgIpc) is 2.66. The third-order valence-electron chi connectivity index (χ3n) is 4.50. The Morgan fingerprint density at radius 1 is 1.22 bits per heavy atom. The summed E-state index contributed by atoms with van der Waals surface area (Å²) in [5.74, 6) is 0.178. The van der Waals surface area contributed by atoms with Crippen LogP contribution in [0.15, 0.2) is 18.2 Å². The number of rotatable bonds is 1. The van der Waals surface area contributed by atoms with Crippen LogP contribution in [0.4, 0.5) is 5.69 Å². The summed E-state index contributed by atoms with van der Waals surface area (Å²) >= 11 is 0. The second kappa shape index (κ2) is 4.09. The SMILES string of the molecule is CN1C(=O)Cc2c1cccc2C1(N)CCCCC1. The van der Waals surface area contributed by atoms with E-state index in [1.807, 2.05) is 19.2 Å². The van der Waals surface area contributed by atoms with Crippen molar-refractivity contribution >= 4 is 11.6 Å². The van der Waals surface area contributed by atoms with Gasteiger partial charge in [-0.25, -0.2) is 0 Å². The predicted octanol–water partition coefficient (Wildman–Crippen LogP) is 2.32. The van der Waals surface area contributed by atoms with Crippen LogP contribution < -0.4 is 10.6 Å². The standard InChI is InChI=1S/C15H20N2O/c1-17-13-7-5-6-12(11(13)10-14(17)18)15(16)8-3-2-4-9-15/h5-7H,2-4,8-10,16H2,1H3. The van der Waals surface area contributed by atoms with E-state index in [1.165, 1.54) is 24.8 Å². The molecule has 18 heavy (non-hydrogen) atoms. The second-order valence-corrected chi connectivity index (χ2v) is 5.65. The minimum absolute atomic E-state index is 0.178. The first kappa shape index (κ1) is 11.7. The third-order valence-corrected chi connectivity index (χ3v) is 4.50. The van der Waals surface area contributed by atoms with Crippen molar-refractivity contribution in [2.24, 2.45) is 5.73 Å². The summed E-state index contributed by atoms with van der Waals surface area (Å²) in [7, 11) is 1.85. The lowest BCUT2D eigenvalue weighted by atomic mass is 9.75. The van der Waals surface area contributed by atoms with E-state index in [0.717, 1.165) is 24.1 Å². The zero-order valence-electron chi connectivity index (χ0n) is 10.9. The zero-order chi connectivity index (χ0) is 12.8. The summed E-state index contributed by atoms with van der Waals surface area (Å²) in [5, 5.41) is 0. The predicted molar refractivity (Wildman–Crippen MR) is 72.5 cm³/mol. The highest BCUT2D eigenvalue weighted by molar-refractivity contribution is 6.01. The van der Waals surface area contributed by atoms with Gasteiger partial charge in [0.1, 0.15) is 0 Å². The molecule has 0 aromatic heterocycles. The van der Waals surface area contributed by atoms with Gasteiger partial charge >= 0.3 is 0 Å². The van der Waals surface area contributed by atoms with Gasteiger partial charge in [-0.1, -0.05) is 31.4 Å². The maximum atomic E-state index is 11.9. The maximum absolute atomic E-state index is 11.9. The molecule has 0 bridgehead atoms. The van der Waals surface area contributed by atoms with Crippen molar-refractivity contribution in [2.75, 3.05) is 11.9 Å². The van der Waals surface area contributed by atoms with E-state index in [4.69, 9.17) is 5.73 Å². The van der Waals surface area contributed by atoms with Crippen LogP contribution in [-0.2, 0) is 16.8 Å². The Balaban J connectivity index is 2.06. The minimum atomic E-state index is -0.213. The van der Waals surface area contributed by atoms with Gasteiger partial charge in [-0.3, -0.25) is 4.79 Å². The summed E-state index contributed by atoms with van der Waals surface area (Å²) in [5.41, 5.74) is 9.82. The van der Waals surface area contributed by atoms with E-state index >= 15 is 0 Å². The molecule has 2 aliphatic rings. The number of likely N-dealkylation sites (N-methyl/N-ethyl adjacent to an activating group) is 1. The maximum Gasteiger partial charge on any atom is 0.231 e. The molecule has 1 fully saturated rings. The Labute approximate surface area is 108 Å². The van der Waals surface area contributed by atoms with Gasteiger partial charge in [-0.05, 0) is 30.0 Å². The van der Waals surface area contributed by atoms with Crippen LogP contribution in [0.1, 0.15) is 43.2 Å². The molecule has 3 nitrogen and oxygen atoms in total. The third kappa shape index (κ3) is 1.65. The fraction of sp³-hybridized carbons (Fsp3) is 0.533. The van der Waals surface area contributed by atoms with Crippen molar-refractivity contribution in [3.05, 3.63) is 29.3 Å². The van der Waals surface area contributed by atoms with Crippen LogP contribution in [0, 0.1) is 0 Å². The summed E-state index contributed by atoms with van der Waals surface area (Å²) in [4.78, 5) is 13.6. The molecule has 0 radical (unpaired) electrons. The van der Waals surface area contributed by atoms with Gasteiger partial charge in [0.05, 0.1) is 6.42 Å². The minimum Gasteiger partial charge on any atom is -0.321 e. The quantitative estimate of drug-likeness (QED) is 0.824. The number of amides is 1. The van der Waals surface area contributed by atoms with Gasteiger partial charge in [0.2, 0.25) is 5.91 Å². The van der Waals surface area contributed by atoms with E-state index < -0.39 is 0 Å². The first-order valence-electron chi connectivity index (χ1n) is 6.80. The van der Waals surface area contributed by atoms with E-state index in [1.54, 1.807) is 4.90 Å². The van der Waals surface area contributed by atoms with Crippen molar-refractivity contribution in [3.63, 3.8) is 0 Å². The molecular formula is C15H20N2O. The first-order chi connectivity index (χ1) is 8.62. The zero-order valence-corrected chi connectivity index (χ0v) is 10.9. The lowest BCUT2D eigenvalue weighted by Crippen LogP contribution is -2.39. The first-order valence-corrected chi connectivity index (χ1v) is 6.80. The lowest BCUT2D eigenvalue weighted by Gasteiger charge is -2.35. The van der Waals surface area contributed by atoms with Gasteiger partial charge in [-0.2, -0.15) is 0 Å². The highest BCUT2D eigenvalue weighted by atomic mass is 16.2. The van der Waals surface area contributed by atoms with Crippen molar-refractivity contribution < 1.29 is 4.79 Å². The van der Waals surface area contributed by atoms with Gasteiger partial charge in [-0.15, -0.1) is 0 Å². The molecule has 0 atom stereocenters. The molecule has 1 aromatic carbocycles. The highest BCUT2D eigenvalue weighted by Crippen LogP contribution is 2.41. The fourth-order valence-corrected chi connectivity index (χ4v) is 3.40. The van der Waals surface area contributed by atoms with Crippen molar-refractivity contribution in [1.29, 1.82) is 0 Å². The van der Waals surface area contributed by atoms with Crippen LogP contribution in [0.25, 0.3) is 0 Å². The molecule has 96 valence electrons. The fourth-order valence-electron chi connectivity index (χ4n) is 3.40. The van der Waals surface area contributed by atoms with Gasteiger partial charge in [0.15, 0.2) is 0 Å². The molecule has 1 amide bonds. The second-order valence-electron chi connectivity index (χ2n) is 5.65. The molecule has 3 rings (SSSR count). The average molecular weight is 244 g/mol. The molecule has 0 spiro atoms. The number of benzene rings is 1. The number of nitrogens with zero attached hydrogens (tertiary/aromatic N) is 1. The largest absolute Gasteiger partial charge is 0.321 e. The Bertz CT molecular complexity index is 489. The number of carbonyl (C=O) groups is 1. The van der Waals surface area contributed by atoms with E-state index in [-0.39, 0.29) is 11.4 Å². The molecule has 1 aliphatic carbocycles. The Hall–Kier alpha value is -1.35. The van der Waals surface area contributed by atoms with E-state index in [2.05, 4.69) is 6.07 Å². The summed E-state index contributed by atoms with van der Waals surface area (Å²) in [6.45, 7) is 0. The summed E-state index contributed by atoms with van der Waals surface area (Å²) in [6.07, 6.45) is 6.28. The van der Waals surface area contributed by atoms with Crippen molar-refractivity contribution in [3.8, 4) is 0 Å². The van der Waals surface area contributed by atoms with Crippen molar-refractivity contribution in [2.45, 2.75) is 44.1 Å². The van der Waals surface area contributed by atoms with Crippen LogP contribution in [0.3, 0.4) is 0 Å². The van der Waals surface area contributed by atoms with Gasteiger partial charge < -0.3 is 10.6 Å². The van der Waals surface area contributed by atoms with Crippen LogP contribution >= 0.6 is 0 Å². The molecule has 0 saturated heterocycles. The van der Waals surface area contributed by atoms with E-state index in [9.17, 15) is 4.79 Å². The molecule has 1 aliphatic heterocycles. The number of nitrogens with two attached hydrogens (primary N) is 1. The number of anilines is 1. The lowest BCUT2D eigenvalue weighted by molar-refractivity contribution is -0.117.